The zero-order valence-electron chi connectivity index (χ0n) is 13.0. The average Bonchev–Trinajstić information content (AvgIpc) is 3.02. The van der Waals surface area contributed by atoms with Crippen LogP contribution in [-0.2, 0) is 0 Å². The number of para-hydroxylation sites is 1. The van der Waals surface area contributed by atoms with Crippen LogP contribution in [0.15, 0.2) is 59.0 Å². The van der Waals surface area contributed by atoms with Crippen LogP contribution in [0.1, 0.15) is 0 Å². The molecule has 3 aromatic carbocycles. The first-order valence-electron chi connectivity index (χ1n) is 7.83. The highest BCUT2D eigenvalue weighted by atomic mass is 35.5. The highest BCUT2D eigenvalue weighted by molar-refractivity contribution is 7.04. The Balaban J connectivity index is 2.03. The summed E-state index contributed by atoms with van der Waals surface area (Å²) < 4.78 is 6.26. The lowest BCUT2D eigenvalue weighted by molar-refractivity contribution is 0.670. The first-order chi connectivity index (χ1) is 11.1. The van der Waals surface area contributed by atoms with E-state index in [0.29, 0.717) is 0 Å². The third-order valence-corrected chi connectivity index (χ3v) is 9.00. The number of halogens is 1. The summed E-state index contributed by atoms with van der Waals surface area (Å²) in [6, 6.07) is 19.0. The number of furan rings is 1. The Labute approximate surface area is 140 Å². The largest absolute Gasteiger partial charge is 0.455 e. The maximum Gasteiger partial charge on any atom is 0.143 e. The van der Waals surface area contributed by atoms with Gasteiger partial charge in [0, 0.05) is 26.9 Å². The predicted octanol–water partition coefficient (Wildman–Crippen LogP) is 5.04. The standard InChI is InChI=1S/C20H15ClOSi/c1-23(2)16-9-5-7-14(21)18(16)19-17(23)11-10-13-12-6-3-4-8-15(12)22-20(13)19/h3-11H,1-2H3. The Kier molecular flexibility index (Phi) is 2.50. The van der Waals surface area contributed by atoms with Crippen molar-refractivity contribution in [3.05, 3.63) is 59.6 Å². The summed E-state index contributed by atoms with van der Waals surface area (Å²) >= 11 is 6.60. The Morgan fingerprint density at radius 1 is 0.783 bits per heavy atom. The highest BCUT2D eigenvalue weighted by Crippen LogP contribution is 2.41. The predicted molar refractivity (Wildman–Crippen MR) is 101 cm³/mol. The molecule has 0 N–H and O–H groups in total. The smallest absolute Gasteiger partial charge is 0.143 e. The molecule has 1 aliphatic rings. The number of hydrogen-bond donors (Lipinski definition) is 0. The molecule has 0 bridgehead atoms. The zero-order valence-corrected chi connectivity index (χ0v) is 14.7. The minimum absolute atomic E-state index is 0.829. The summed E-state index contributed by atoms with van der Waals surface area (Å²) in [6.45, 7) is 4.78. The van der Waals surface area contributed by atoms with Crippen LogP contribution in [0.25, 0.3) is 33.1 Å². The minimum Gasteiger partial charge on any atom is -0.455 e. The fourth-order valence-corrected chi connectivity index (χ4v) is 7.40. The van der Waals surface area contributed by atoms with Gasteiger partial charge in [0.2, 0.25) is 0 Å². The molecule has 0 radical (unpaired) electrons. The number of hydrogen-bond acceptors (Lipinski definition) is 1. The molecular weight excluding hydrogens is 320 g/mol. The second-order valence-electron chi connectivity index (χ2n) is 6.75. The van der Waals surface area contributed by atoms with Crippen LogP contribution in [0.2, 0.25) is 18.1 Å². The Morgan fingerprint density at radius 3 is 2.43 bits per heavy atom. The van der Waals surface area contributed by atoms with E-state index in [1.165, 1.54) is 32.3 Å². The van der Waals surface area contributed by atoms with E-state index >= 15 is 0 Å². The molecular formula is C20H15ClOSi. The van der Waals surface area contributed by atoms with Crippen molar-refractivity contribution in [1.29, 1.82) is 0 Å². The van der Waals surface area contributed by atoms with Gasteiger partial charge >= 0.3 is 0 Å². The molecule has 0 amide bonds. The molecule has 1 aromatic heterocycles. The van der Waals surface area contributed by atoms with Crippen LogP contribution >= 0.6 is 11.6 Å². The molecule has 0 unspecified atom stereocenters. The molecule has 0 atom stereocenters. The summed E-state index contributed by atoms with van der Waals surface area (Å²) in [5.74, 6) is 0. The van der Waals surface area contributed by atoms with Crippen LogP contribution < -0.4 is 10.4 Å². The first-order valence-corrected chi connectivity index (χ1v) is 11.2. The van der Waals surface area contributed by atoms with Gasteiger partial charge in [-0.3, -0.25) is 0 Å². The van der Waals surface area contributed by atoms with Crippen LogP contribution in [0.5, 0.6) is 0 Å². The van der Waals surface area contributed by atoms with Crippen LogP contribution in [0.4, 0.5) is 0 Å². The van der Waals surface area contributed by atoms with E-state index in [1.807, 2.05) is 18.2 Å². The molecule has 1 aliphatic heterocycles. The van der Waals surface area contributed by atoms with Gasteiger partial charge in [-0.25, -0.2) is 0 Å². The first kappa shape index (κ1) is 13.4. The molecule has 1 nitrogen and oxygen atoms in total. The Bertz CT molecular complexity index is 1110. The molecule has 112 valence electrons. The highest BCUT2D eigenvalue weighted by Gasteiger charge is 2.40. The van der Waals surface area contributed by atoms with Crippen LogP contribution in [-0.4, -0.2) is 8.07 Å². The van der Waals surface area contributed by atoms with Crippen molar-refractivity contribution in [2.75, 3.05) is 0 Å². The molecule has 2 heterocycles. The van der Waals surface area contributed by atoms with Gasteiger partial charge in [-0.15, -0.1) is 0 Å². The van der Waals surface area contributed by atoms with Crippen molar-refractivity contribution >= 4 is 52.0 Å². The van der Waals surface area contributed by atoms with E-state index in [1.54, 1.807) is 0 Å². The topological polar surface area (TPSA) is 13.1 Å². The molecule has 0 saturated carbocycles. The lowest BCUT2D eigenvalue weighted by Crippen LogP contribution is -2.49. The fourth-order valence-electron chi connectivity index (χ4n) is 4.00. The third kappa shape index (κ3) is 1.58. The summed E-state index contributed by atoms with van der Waals surface area (Å²) in [4.78, 5) is 0. The molecule has 0 saturated heterocycles. The maximum absolute atomic E-state index is 6.60. The molecule has 0 spiro atoms. The van der Waals surface area contributed by atoms with E-state index in [4.69, 9.17) is 16.0 Å². The van der Waals surface area contributed by atoms with Gasteiger partial charge in [0.1, 0.15) is 19.2 Å². The summed E-state index contributed by atoms with van der Waals surface area (Å²) in [5.41, 5.74) is 4.33. The molecule has 4 aromatic rings. The van der Waals surface area contributed by atoms with E-state index in [2.05, 4.69) is 49.5 Å². The van der Waals surface area contributed by atoms with Gasteiger partial charge in [-0.1, -0.05) is 67.2 Å². The van der Waals surface area contributed by atoms with Crippen LogP contribution in [0.3, 0.4) is 0 Å². The van der Waals surface area contributed by atoms with Crippen molar-refractivity contribution in [3.63, 3.8) is 0 Å². The number of fused-ring (bicyclic) bond motifs is 7. The molecule has 23 heavy (non-hydrogen) atoms. The van der Waals surface area contributed by atoms with Crippen molar-refractivity contribution in [3.8, 4) is 11.1 Å². The Hall–Kier alpha value is -2.03. The third-order valence-electron chi connectivity index (χ3n) is 5.16. The monoisotopic (exact) mass is 334 g/mol. The quantitative estimate of drug-likeness (QED) is 0.410. The van der Waals surface area contributed by atoms with Crippen molar-refractivity contribution in [2.24, 2.45) is 0 Å². The van der Waals surface area contributed by atoms with Gasteiger partial charge in [-0.2, -0.15) is 0 Å². The fraction of sp³-hybridized carbons (Fsp3) is 0.100. The van der Waals surface area contributed by atoms with E-state index in [9.17, 15) is 0 Å². The second kappa shape index (κ2) is 4.28. The van der Waals surface area contributed by atoms with Gasteiger partial charge in [-0.05, 0) is 22.5 Å². The lowest BCUT2D eigenvalue weighted by Gasteiger charge is -2.18. The van der Waals surface area contributed by atoms with Crippen molar-refractivity contribution in [2.45, 2.75) is 13.1 Å². The summed E-state index contributed by atoms with van der Waals surface area (Å²) in [6.07, 6.45) is 0. The molecule has 0 aliphatic carbocycles. The average molecular weight is 335 g/mol. The molecule has 0 fully saturated rings. The van der Waals surface area contributed by atoms with E-state index < -0.39 is 8.07 Å². The number of benzene rings is 3. The van der Waals surface area contributed by atoms with Crippen LogP contribution in [0, 0.1) is 0 Å². The minimum atomic E-state index is -1.72. The lowest BCUT2D eigenvalue weighted by atomic mass is 10.0. The van der Waals surface area contributed by atoms with E-state index in [-0.39, 0.29) is 0 Å². The van der Waals surface area contributed by atoms with Gasteiger partial charge in [0.25, 0.3) is 0 Å². The van der Waals surface area contributed by atoms with Gasteiger partial charge < -0.3 is 4.42 Å². The Morgan fingerprint density at radius 2 is 1.57 bits per heavy atom. The normalized spacial score (nSPS) is 15.1. The van der Waals surface area contributed by atoms with Crippen molar-refractivity contribution in [1.82, 2.24) is 0 Å². The summed E-state index contributed by atoms with van der Waals surface area (Å²) in [7, 11) is -1.72. The zero-order chi connectivity index (χ0) is 15.8. The SMILES string of the molecule is C[Si]1(C)c2cccc(Cl)c2-c2c1ccc1c2oc2ccccc21. The maximum atomic E-state index is 6.60. The van der Waals surface area contributed by atoms with Gasteiger partial charge in [0.05, 0.1) is 0 Å². The summed E-state index contributed by atoms with van der Waals surface area (Å²) in [5, 5.41) is 6.01. The molecule has 5 rings (SSSR count). The van der Waals surface area contributed by atoms with Crippen molar-refractivity contribution < 1.29 is 4.42 Å². The number of rotatable bonds is 0. The van der Waals surface area contributed by atoms with E-state index in [0.717, 1.165) is 16.2 Å². The second-order valence-corrected chi connectivity index (χ2v) is 11.5. The van der Waals surface area contributed by atoms with Gasteiger partial charge in [0.15, 0.2) is 0 Å². The molecule has 3 heteroatoms.